The fraction of sp³-hybridized carbons (Fsp3) is 0.739. The lowest BCUT2D eigenvalue weighted by Crippen LogP contribution is -2.57. The average Bonchev–Trinajstić information content (AvgIpc) is 3.18. The van der Waals surface area contributed by atoms with Gasteiger partial charge in [0.25, 0.3) is 0 Å². The number of unbranched alkanes of at least 4 members (excludes halogenated alkanes) is 3. The Hall–Kier alpha value is -0.860. The van der Waals surface area contributed by atoms with Crippen LogP contribution in [0.4, 0.5) is 0 Å². The maximum Gasteiger partial charge on any atom is 0.115 e. The summed E-state index contributed by atoms with van der Waals surface area (Å²) in [5.74, 6) is 1.71. The van der Waals surface area contributed by atoms with Crippen LogP contribution < -0.4 is 0 Å². The van der Waals surface area contributed by atoms with Crippen LogP contribution in [0, 0.1) is 11.8 Å². The van der Waals surface area contributed by atoms with E-state index in [4.69, 9.17) is 4.74 Å². The maximum atomic E-state index is 6.53. The molecule has 3 fully saturated rings. The van der Waals surface area contributed by atoms with Crippen LogP contribution in [0.3, 0.4) is 0 Å². The van der Waals surface area contributed by atoms with Crippen LogP contribution in [-0.4, -0.2) is 35.8 Å². The molecule has 1 saturated carbocycles. The molecule has 2 heteroatoms. The molecule has 0 bridgehead atoms. The lowest BCUT2D eigenvalue weighted by molar-refractivity contribution is -0.966. The molecule has 1 aromatic carbocycles. The molecular weight excluding hydrogens is 306 g/mol. The minimum atomic E-state index is 0.462. The van der Waals surface area contributed by atoms with Gasteiger partial charge in [0.15, 0.2) is 0 Å². The van der Waals surface area contributed by atoms with Crippen LogP contribution in [0.1, 0.15) is 64.4 Å². The first-order valence-electron chi connectivity index (χ1n) is 10.7. The molecule has 2 nitrogen and oxygen atoms in total. The first kappa shape index (κ1) is 17.5. The molecule has 3 aliphatic rings. The molecular formula is C23H36NO+. The van der Waals surface area contributed by atoms with E-state index in [1.807, 2.05) is 0 Å². The van der Waals surface area contributed by atoms with Crippen LogP contribution in [0.25, 0.3) is 0 Å². The standard InChI is InChI=1S/C23H36NO/c1-3-4-5-9-16-25-22-18-24(17-19-10-7-6-8-11-19)15-14-20-12-13-21(22)23(20,24)2/h6-8,10-11,20-22H,3-5,9,12-18H2,1-2H3/q+1/t20-,21+,22+,23+,24+/m0/s1. The summed E-state index contributed by atoms with van der Waals surface area (Å²) in [5, 5.41) is 0. The van der Waals surface area contributed by atoms with Crippen molar-refractivity contribution in [3.8, 4) is 0 Å². The zero-order valence-corrected chi connectivity index (χ0v) is 16.3. The molecule has 1 aliphatic carbocycles. The van der Waals surface area contributed by atoms with Gasteiger partial charge in [0, 0.05) is 30.4 Å². The Kier molecular flexibility index (Phi) is 4.94. The molecule has 2 aliphatic heterocycles. The van der Waals surface area contributed by atoms with Gasteiger partial charge in [-0.3, -0.25) is 0 Å². The highest BCUT2D eigenvalue weighted by atomic mass is 16.5. The van der Waals surface area contributed by atoms with Gasteiger partial charge in [-0.05, 0) is 26.2 Å². The Morgan fingerprint density at radius 2 is 1.92 bits per heavy atom. The largest absolute Gasteiger partial charge is 0.372 e. The third kappa shape index (κ3) is 2.86. The quantitative estimate of drug-likeness (QED) is 0.468. The second-order valence-electron chi connectivity index (χ2n) is 9.06. The maximum absolute atomic E-state index is 6.53. The van der Waals surface area contributed by atoms with Crippen molar-refractivity contribution in [2.75, 3.05) is 19.7 Å². The van der Waals surface area contributed by atoms with E-state index in [2.05, 4.69) is 44.2 Å². The topological polar surface area (TPSA) is 9.23 Å². The zero-order chi connectivity index (χ0) is 17.3. The van der Waals surface area contributed by atoms with Crippen LogP contribution in [0.15, 0.2) is 30.3 Å². The van der Waals surface area contributed by atoms with E-state index >= 15 is 0 Å². The van der Waals surface area contributed by atoms with Crippen molar-refractivity contribution < 1.29 is 9.22 Å². The number of hydrogen-bond acceptors (Lipinski definition) is 1. The van der Waals surface area contributed by atoms with Gasteiger partial charge in [0.2, 0.25) is 0 Å². The van der Waals surface area contributed by atoms with Crippen molar-refractivity contribution in [1.82, 2.24) is 0 Å². The first-order valence-corrected chi connectivity index (χ1v) is 10.7. The van der Waals surface area contributed by atoms with Crippen molar-refractivity contribution in [3.05, 3.63) is 35.9 Å². The minimum absolute atomic E-state index is 0.462. The van der Waals surface area contributed by atoms with E-state index < -0.39 is 0 Å². The summed E-state index contributed by atoms with van der Waals surface area (Å²) in [6, 6.07) is 11.2. The second-order valence-corrected chi connectivity index (χ2v) is 9.06. The Bertz CT molecular complexity index is 573. The summed E-state index contributed by atoms with van der Waals surface area (Å²) >= 11 is 0. The van der Waals surface area contributed by atoms with Gasteiger partial charge in [-0.1, -0.05) is 56.5 Å². The van der Waals surface area contributed by atoms with Gasteiger partial charge in [-0.15, -0.1) is 0 Å². The van der Waals surface area contributed by atoms with E-state index in [0.717, 1.165) is 18.4 Å². The number of hydrogen-bond donors (Lipinski definition) is 0. The van der Waals surface area contributed by atoms with Crippen LogP contribution >= 0.6 is 0 Å². The Morgan fingerprint density at radius 3 is 2.72 bits per heavy atom. The third-order valence-electron chi connectivity index (χ3n) is 7.97. The highest BCUT2D eigenvalue weighted by molar-refractivity contribution is 5.16. The van der Waals surface area contributed by atoms with Crippen molar-refractivity contribution >= 4 is 0 Å². The molecule has 2 saturated heterocycles. The van der Waals surface area contributed by atoms with Gasteiger partial charge < -0.3 is 9.22 Å². The molecule has 4 rings (SSSR count). The predicted octanol–water partition coefficient (Wildman–Crippen LogP) is 5.17. The average molecular weight is 343 g/mol. The Morgan fingerprint density at radius 1 is 1.08 bits per heavy atom. The van der Waals surface area contributed by atoms with Crippen molar-refractivity contribution in [2.45, 2.75) is 77.0 Å². The summed E-state index contributed by atoms with van der Waals surface area (Å²) in [4.78, 5) is 0. The normalized spacial score (nSPS) is 39.0. The molecule has 0 radical (unpaired) electrons. The van der Waals surface area contributed by atoms with Gasteiger partial charge in [0.1, 0.15) is 24.7 Å². The van der Waals surface area contributed by atoms with E-state index in [1.54, 1.807) is 0 Å². The highest BCUT2D eigenvalue weighted by Gasteiger charge is 2.71. The number of rotatable bonds is 8. The number of ether oxygens (including phenoxy) is 1. The second kappa shape index (κ2) is 7.04. The number of benzene rings is 1. The van der Waals surface area contributed by atoms with Gasteiger partial charge >= 0.3 is 0 Å². The summed E-state index contributed by atoms with van der Waals surface area (Å²) in [5.41, 5.74) is 1.97. The smallest absolute Gasteiger partial charge is 0.115 e. The summed E-state index contributed by atoms with van der Waals surface area (Å²) < 4.78 is 7.83. The number of quaternary nitrogens is 1. The molecule has 0 N–H and O–H groups in total. The summed E-state index contributed by atoms with van der Waals surface area (Å²) in [6.45, 7) is 9.70. The lowest BCUT2D eigenvalue weighted by atomic mass is 9.83. The molecule has 1 aromatic rings. The van der Waals surface area contributed by atoms with Crippen LogP contribution in [0.2, 0.25) is 0 Å². The molecule has 138 valence electrons. The Balaban J connectivity index is 1.49. The van der Waals surface area contributed by atoms with Gasteiger partial charge in [0.05, 0.1) is 6.54 Å². The van der Waals surface area contributed by atoms with E-state index in [1.165, 1.54) is 74.6 Å². The fourth-order valence-corrected chi connectivity index (χ4v) is 6.59. The van der Waals surface area contributed by atoms with Crippen molar-refractivity contribution in [2.24, 2.45) is 11.8 Å². The number of nitrogens with zero attached hydrogens (tertiary/aromatic N) is 1. The van der Waals surface area contributed by atoms with Gasteiger partial charge in [-0.25, -0.2) is 0 Å². The highest BCUT2D eigenvalue weighted by Crippen LogP contribution is 2.61. The summed E-state index contributed by atoms with van der Waals surface area (Å²) in [6.07, 6.45) is 10.0. The Labute approximate surface area is 154 Å². The van der Waals surface area contributed by atoms with Crippen LogP contribution in [0.5, 0.6) is 0 Å². The first-order chi connectivity index (χ1) is 12.2. The SMILES string of the molecule is CCCCCCO[C@@H]1C[N@+]2(Cc3ccccc3)CC[C@@H]3CC[C@H]1[C@@]32C. The van der Waals surface area contributed by atoms with Crippen molar-refractivity contribution in [1.29, 1.82) is 0 Å². The zero-order valence-electron chi connectivity index (χ0n) is 16.3. The monoisotopic (exact) mass is 342 g/mol. The van der Waals surface area contributed by atoms with Crippen LogP contribution in [-0.2, 0) is 11.3 Å². The minimum Gasteiger partial charge on any atom is -0.372 e. The lowest BCUT2D eigenvalue weighted by Gasteiger charge is -2.43. The predicted molar refractivity (Wildman–Crippen MR) is 103 cm³/mol. The molecule has 5 atom stereocenters. The molecule has 25 heavy (non-hydrogen) atoms. The molecule has 2 heterocycles. The molecule has 0 aromatic heterocycles. The molecule has 0 spiro atoms. The molecule has 0 unspecified atom stereocenters. The van der Waals surface area contributed by atoms with E-state index in [-0.39, 0.29) is 0 Å². The third-order valence-corrected chi connectivity index (χ3v) is 7.97. The van der Waals surface area contributed by atoms with E-state index in [0.29, 0.717) is 11.6 Å². The van der Waals surface area contributed by atoms with Gasteiger partial charge in [-0.2, -0.15) is 0 Å². The summed E-state index contributed by atoms with van der Waals surface area (Å²) in [7, 11) is 0. The van der Waals surface area contributed by atoms with Crippen molar-refractivity contribution in [3.63, 3.8) is 0 Å². The molecule has 0 amide bonds. The van der Waals surface area contributed by atoms with E-state index in [9.17, 15) is 0 Å². The fourth-order valence-electron chi connectivity index (χ4n) is 6.59.